The zero-order valence-electron chi connectivity index (χ0n) is 24.3. The lowest BCUT2D eigenvalue weighted by molar-refractivity contribution is 0.315. The Kier molecular flexibility index (Phi) is 8.86. The normalized spacial score (nSPS) is 15.0. The van der Waals surface area contributed by atoms with Crippen molar-refractivity contribution in [1.82, 2.24) is 24.8 Å². The number of likely N-dealkylation sites (N-methyl/N-ethyl adjacent to an activating group) is 1. The number of anilines is 6. The van der Waals surface area contributed by atoms with Crippen molar-refractivity contribution in [2.45, 2.75) is 26.3 Å². The van der Waals surface area contributed by atoms with Gasteiger partial charge < -0.3 is 29.5 Å². The number of methoxy groups -OCH3 is 1. The molecule has 2 aromatic carbocycles. The highest BCUT2D eigenvalue weighted by atomic mass is 35.5. The van der Waals surface area contributed by atoms with Gasteiger partial charge in [0.05, 0.1) is 35.9 Å². The van der Waals surface area contributed by atoms with Gasteiger partial charge in [-0.25, -0.2) is 4.98 Å². The topological polar surface area (TPSA) is 94.6 Å². The molecule has 10 nitrogen and oxygen atoms in total. The number of benzene rings is 2. The van der Waals surface area contributed by atoms with Gasteiger partial charge in [-0.15, -0.1) is 0 Å². The number of hydrogen-bond donors (Lipinski definition) is 2. The van der Waals surface area contributed by atoms with E-state index in [1.807, 2.05) is 19.2 Å². The number of aryl methyl sites for hydroxylation is 1. The van der Waals surface area contributed by atoms with E-state index in [4.69, 9.17) is 21.3 Å². The minimum Gasteiger partial charge on any atom is -0.494 e. The van der Waals surface area contributed by atoms with Gasteiger partial charge in [0.2, 0.25) is 5.95 Å². The fraction of sp³-hybridized carbons (Fsp3) is 0.379. The summed E-state index contributed by atoms with van der Waals surface area (Å²) in [5.41, 5.74) is 6.43. The van der Waals surface area contributed by atoms with E-state index in [2.05, 4.69) is 79.8 Å². The summed E-state index contributed by atoms with van der Waals surface area (Å²) in [6, 6.07) is 8.62. The van der Waals surface area contributed by atoms with Crippen molar-refractivity contribution in [2.75, 3.05) is 66.9 Å². The van der Waals surface area contributed by atoms with Crippen molar-refractivity contribution in [1.29, 1.82) is 0 Å². The molecule has 1 aliphatic heterocycles. The highest BCUT2D eigenvalue weighted by Crippen LogP contribution is 2.39. The van der Waals surface area contributed by atoms with Crippen molar-refractivity contribution in [3.05, 3.63) is 53.4 Å². The minimum absolute atomic E-state index is 0.398. The Hall–Kier alpha value is -3.54. The summed E-state index contributed by atoms with van der Waals surface area (Å²) in [6.07, 6.45) is 6.12. The zero-order chi connectivity index (χ0) is 29.1. The lowest BCUT2D eigenvalue weighted by Gasteiger charge is -2.25. The molecule has 2 N–H and O–H groups in total. The monoisotopic (exact) mass is 593 g/mol. The second-order valence-corrected chi connectivity index (χ2v) is 11.9. The van der Waals surface area contributed by atoms with E-state index < -0.39 is 0 Å². The molecule has 2 aromatic heterocycles. The number of nitrogens with zero attached hydrogens (tertiary/aromatic N) is 7. The quantitative estimate of drug-likeness (QED) is 0.208. The third-order valence-corrected chi connectivity index (χ3v) is 8.35. The Morgan fingerprint density at radius 2 is 1.90 bits per heavy atom. The van der Waals surface area contributed by atoms with Crippen LogP contribution in [0.4, 0.5) is 34.5 Å². The second-order valence-electron chi connectivity index (χ2n) is 10.1. The van der Waals surface area contributed by atoms with Crippen LogP contribution in [0.15, 0.2) is 42.9 Å². The predicted molar refractivity (Wildman–Crippen MR) is 172 cm³/mol. The third-order valence-electron chi connectivity index (χ3n) is 7.25. The molecule has 1 fully saturated rings. The molecule has 0 saturated carbocycles. The molecule has 0 bridgehead atoms. The van der Waals surface area contributed by atoms with Crippen molar-refractivity contribution >= 4 is 69.1 Å². The molecule has 3 heterocycles. The first-order valence-electron chi connectivity index (χ1n) is 13.6. The molecular weight excluding hydrogens is 558 g/mol. The van der Waals surface area contributed by atoms with E-state index in [0.29, 0.717) is 22.8 Å². The molecule has 12 heteroatoms. The highest BCUT2D eigenvalue weighted by molar-refractivity contribution is 8.00. The SMILES string of the molecule is CCSN(C)c1c(Nc2nc(Nc3cc(C)c(N4CCC(N(C)C)C4)cc3OC)ncc2Cl)ccc2nccnc12. The first kappa shape index (κ1) is 29.0. The van der Waals surface area contributed by atoms with Gasteiger partial charge >= 0.3 is 0 Å². The summed E-state index contributed by atoms with van der Waals surface area (Å²) >= 11 is 8.25. The number of aromatic nitrogens is 4. The van der Waals surface area contributed by atoms with Crippen LogP contribution in [0.25, 0.3) is 11.0 Å². The maximum absolute atomic E-state index is 6.58. The van der Waals surface area contributed by atoms with Crippen LogP contribution in [-0.4, -0.2) is 78.0 Å². The van der Waals surface area contributed by atoms with Crippen LogP contribution in [0.2, 0.25) is 5.02 Å². The van der Waals surface area contributed by atoms with Gasteiger partial charge in [0.15, 0.2) is 5.82 Å². The molecule has 1 unspecified atom stereocenters. The molecule has 0 radical (unpaired) electrons. The molecule has 0 aliphatic carbocycles. The molecule has 4 aromatic rings. The molecule has 1 atom stereocenters. The second kappa shape index (κ2) is 12.5. The Bertz CT molecular complexity index is 1540. The smallest absolute Gasteiger partial charge is 0.229 e. The van der Waals surface area contributed by atoms with Crippen molar-refractivity contribution in [2.24, 2.45) is 0 Å². The first-order valence-corrected chi connectivity index (χ1v) is 14.9. The van der Waals surface area contributed by atoms with Crippen LogP contribution < -0.4 is 24.6 Å². The third kappa shape index (κ3) is 6.22. The van der Waals surface area contributed by atoms with Crippen molar-refractivity contribution in [3.63, 3.8) is 0 Å². The van der Waals surface area contributed by atoms with E-state index in [-0.39, 0.29) is 0 Å². The van der Waals surface area contributed by atoms with E-state index in [1.165, 1.54) is 5.69 Å². The summed E-state index contributed by atoms with van der Waals surface area (Å²) in [5.74, 6) is 2.50. The number of rotatable bonds is 10. The summed E-state index contributed by atoms with van der Waals surface area (Å²) in [7, 11) is 7.97. The fourth-order valence-corrected chi connectivity index (χ4v) is 5.97. The number of ether oxygens (including phenoxy) is 1. The molecule has 0 amide bonds. The predicted octanol–water partition coefficient (Wildman–Crippen LogP) is 6.12. The van der Waals surface area contributed by atoms with Crippen LogP contribution in [0.1, 0.15) is 18.9 Å². The Labute approximate surface area is 250 Å². The van der Waals surface area contributed by atoms with E-state index >= 15 is 0 Å². The molecule has 216 valence electrons. The molecule has 0 spiro atoms. The standard InChI is InChI=1S/C29H36ClN9OS/c1-7-41-38(5)27-22(9-8-21-26(27)32-12-11-31-21)34-28-20(30)16-33-29(36-28)35-23-14-18(2)24(15-25(23)40-6)39-13-10-19(17-39)37(3)4/h8-9,11-12,14-16,19H,7,10,13,17H2,1-6H3,(H2,33,34,35,36). The lowest BCUT2D eigenvalue weighted by atomic mass is 10.1. The zero-order valence-corrected chi connectivity index (χ0v) is 25.8. The molecule has 5 rings (SSSR count). The Morgan fingerprint density at radius 3 is 2.63 bits per heavy atom. The van der Waals surface area contributed by atoms with Crippen molar-refractivity contribution in [3.8, 4) is 5.75 Å². The van der Waals surface area contributed by atoms with Gasteiger partial charge in [0.25, 0.3) is 0 Å². The average Bonchev–Trinajstić information content (AvgIpc) is 3.45. The highest BCUT2D eigenvalue weighted by Gasteiger charge is 2.26. The summed E-state index contributed by atoms with van der Waals surface area (Å²) in [5, 5.41) is 7.15. The average molecular weight is 594 g/mol. The largest absolute Gasteiger partial charge is 0.494 e. The number of hydrogen-bond acceptors (Lipinski definition) is 11. The molecule has 1 saturated heterocycles. The van der Waals surface area contributed by atoms with Gasteiger partial charge in [-0.3, -0.25) is 9.97 Å². The van der Waals surface area contributed by atoms with Crippen molar-refractivity contribution < 1.29 is 4.74 Å². The maximum atomic E-state index is 6.58. The van der Waals surface area contributed by atoms with Crippen LogP contribution >= 0.6 is 23.5 Å². The van der Waals surface area contributed by atoms with Gasteiger partial charge in [0.1, 0.15) is 16.3 Å². The van der Waals surface area contributed by atoms with Crippen LogP contribution in [-0.2, 0) is 0 Å². The summed E-state index contributed by atoms with van der Waals surface area (Å²) < 4.78 is 7.87. The van der Waals surface area contributed by atoms with E-state index in [0.717, 1.165) is 64.7 Å². The van der Waals surface area contributed by atoms with Gasteiger partial charge in [-0.1, -0.05) is 30.5 Å². The van der Waals surface area contributed by atoms with Gasteiger partial charge in [0, 0.05) is 56.1 Å². The maximum Gasteiger partial charge on any atom is 0.229 e. The minimum atomic E-state index is 0.398. The van der Waals surface area contributed by atoms with Gasteiger partial charge in [-0.2, -0.15) is 4.98 Å². The fourth-order valence-electron chi connectivity index (χ4n) is 5.13. The van der Waals surface area contributed by atoms with Gasteiger partial charge in [-0.05, 0) is 51.2 Å². The van der Waals surface area contributed by atoms with Crippen LogP contribution in [0.5, 0.6) is 5.75 Å². The molecule has 1 aliphatic rings. The van der Waals surface area contributed by atoms with Crippen LogP contribution in [0.3, 0.4) is 0 Å². The van der Waals surface area contributed by atoms with Crippen LogP contribution in [0, 0.1) is 6.92 Å². The Morgan fingerprint density at radius 1 is 1.10 bits per heavy atom. The summed E-state index contributed by atoms with van der Waals surface area (Å²) in [6.45, 7) is 6.24. The van der Waals surface area contributed by atoms with E-state index in [1.54, 1.807) is 37.6 Å². The first-order chi connectivity index (χ1) is 19.8. The lowest BCUT2D eigenvalue weighted by Crippen LogP contribution is -2.31. The molecule has 41 heavy (non-hydrogen) atoms. The number of nitrogens with one attached hydrogen (secondary N) is 2. The number of fused-ring (bicyclic) bond motifs is 1. The molecular formula is C29H36ClN9OS. The number of halogens is 1. The van der Waals surface area contributed by atoms with E-state index in [9.17, 15) is 0 Å². The summed E-state index contributed by atoms with van der Waals surface area (Å²) in [4.78, 5) is 23.0. The Balaban J connectivity index is 1.43.